The molecule has 0 aliphatic heterocycles. The summed E-state index contributed by atoms with van der Waals surface area (Å²) in [6, 6.07) is 3.93. The van der Waals surface area contributed by atoms with Gasteiger partial charge in [0.1, 0.15) is 5.69 Å². The van der Waals surface area contributed by atoms with E-state index in [2.05, 4.69) is 10.3 Å². The van der Waals surface area contributed by atoms with Gasteiger partial charge >= 0.3 is 5.97 Å². The number of H-pyrrole nitrogens is 1. The largest absolute Gasteiger partial charge is 0.448 e. The van der Waals surface area contributed by atoms with Crippen molar-refractivity contribution in [2.75, 3.05) is 0 Å². The van der Waals surface area contributed by atoms with E-state index in [1.807, 2.05) is 25.3 Å². The summed E-state index contributed by atoms with van der Waals surface area (Å²) in [5.41, 5.74) is 1.32. The Balaban J connectivity index is 1.65. The SMILES string of the molecule is CC(C)C[C@H](OC(=O)c1cc2sccc2[nH]1)C(=O)NC1CCCCC1. The van der Waals surface area contributed by atoms with Gasteiger partial charge in [-0.1, -0.05) is 33.1 Å². The Morgan fingerprint density at radius 3 is 2.76 bits per heavy atom. The number of amides is 1. The first-order chi connectivity index (χ1) is 12.0. The van der Waals surface area contributed by atoms with E-state index < -0.39 is 12.1 Å². The summed E-state index contributed by atoms with van der Waals surface area (Å²) in [6.07, 6.45) is 5.36. The van der Waals surface area contributed by atoms with Crippen LogP contribution in [0.3, 0.4) is 0 Å². The van der Waals surface area contributed by atoms with E-state index in [1.165, 1.54) is 6.42 Å². The topological polar surface area (TPSA) is 71.2 Å². The summed E-state index contributed by atoms with van der Waals surface area (Å²) < 4.78 is 6.59. The van der Waals surface area contributed by atoms with Gasteiger partial charge in [-0.25, -0.2) is 4.79 Å². The first kappa shape index (κ1) is 18.0. The Kier molecular flexibility index (Phi) is 5.78. The number of fused-ring (bicyclic) bond motifs is 1. The molecule has 5 nitrogen and oxygen atoms in total. The van der Waals surface area contributed by atoms with Crippen molar-refractivity contribution < 1.29 is 14.3 Å². The first-order valence-electron chi connectivity index (χ1n) is 9.10. The summed E-state index contributed by atoms with van der Waals surface area (Å²) >= 11 is 1.57. The Morgan fingerprint density at radius 1 is 1.32 bits per heavy atom. The molecule has 0 bridgehead atoms. The lowest BCUT2D eigenvalue weighted by Gasteiger charge is -2.26. The van der Waals surface area contributed by atoms with Crippen LogP contribution in [0.1, 0.15) is 62.9 Å². The fourth-order valence-corrected chi connectivity index (χ4v) is 4.11. The first-order valence-corrected chi connectivity index (χ1v) is 9.98. The van der Waals surface area contributed by atoms with E-state index in [0.29, 0.717) is 12.1 Å². The van der Waals surface area contributed by atoms with Crippen LogP contribution in [0.5, 0.6) is 0 Å². The Labute approximate surface area is 152 Å². The molecule has 1 amide bonds. The molecule has 0 unspecified atom stereocenters. The summed E-state index contributed by atoms with van der Waals surface area (Å²) in [7, 11) is 0. The molecular formula is C19H26N2O3S. The molecule has 1 aliphatic rings. The fraction of sp³-hybridized carbons (Fsp3) is 0.579. The summed E-state index contributed by atoms with van der Waals surface area (Å²) in [4.78, 5) is 28.2. The standard InChI is InChI=1S/C19H26N2O3S/c1-12(2)10-16(18(22)20-13-6-4-3-5-7-13)24-19(23)15-11-17-14(21-15)8-9-25-17/h8-9,11-13,16,21H,3-7,10H2,1-2H3,(H,20,22)/t16-/m0/s1. The number of nitrogens with one attached hydrogen (secondary N) is 2. The van der Waals surface area contributed by atoms with Crippen LogP contribution in [-0.4, -0.2) is 29.0 Å². The zero-order valence-corrected chi connectivity index (χ0v) is 15.7. The molecule has 2 aromatic heterocycles. The maximum absolute atomic E-state index is 12.6. The maximum atomic E-state index is 12.6. The zero-order chi connectivity index (χ0) is 17.8. The molecule has 0 spiro atoms. The molecule has 2 aromatic rings. The molecule has 2 heterocycles. The number of aromatic amines is 1. The lowest BCUT2D eigenvalue weighted by Crippen LogP contribution is -2.44. The minimum Gasteiger partial charge on any atom is -0.448 e. The van der Waals surface area contributed by atoms with Crippen molar-refractivity contribution in [3.63, 3.8) is 0 Å². The second-order valence-corrected chi connectivity index (χ2v) is 8.20. The van der Waals surface area contributed by atoms with Crippen LogP contribution in [-0.2, 0) is 9.53 Å². The van der Waals surface area contributed by atoms with Gasteiger partial charge < -0.3 is 15.0 Å². The van der Waals surface area contributed by atoms with Gasteiger partial charge in [-0.15, -0.1) is 11.3 Å². The molecule has 136 valence electrons. The van der Waals surface area contributed by atoms with Crippen LogP contribution in [0.2, 0.25) is 0 Å². The molecule has 1 atom stereocenters. The molecule has 0 saturated heterocycles. The van der Waals surface area contributed by atoms with Crippen molar-refractivity contribution in [3.8, 4) is 0 Å². The number of ether oxygens (including phenoxy) is 1. The molecule has 1 fully saturated rings. The average Bonchev–Trinajstić information content (AvgIpc) is 3.16. The quantitative estimate of drug-likeness (QED) is 0.755. The number of hydrogen-bond donors (Lipinski definition) is 2. The monoisotopic (exact) mass is 362 g/mol. The molecule has 3 rings (SSSR count). The van der Waals surface area contributed by atoms with E-state index in [4.69, 9.17) is 4.74 Å². The second-order valence-electron chi connectivity index (χ2n) is 7.25. The van der Waals surface area contributed by atoms with Crippen molar-refractivity contribution in [3.05, 3.63) is 23.2 Å². The highest BCUT2D eigenvalue weighted by atomic mass is 32.1. The normalized spacial score (nSPS) is 16.9. The Hall–Kier alpha value is -1.82. The highest BCUT2D eigenvalue weighted by Gasteiger charge is 2.27. The van der Waals surface area contributed by atoms with Gasteiger partial charge in [-0.05, 0) is 42.7 Å². The Morgan fingerprint density at radius 2 is 2.08 bits per heavy atom. The summed E-state index contributed by atoms with van der Waals surface area (Å²) in [5, 5.41) is 5.05. The van der Waals surface area contributed by atoms with E-state index in [-0.39, 0.29) is 17.9 Å². The van der Waals surface area contributed by atoms with Crippen molar-refractivity contribution in [2.24, 2.45) is 5.92 Å². The van der Waals surface area contributed by atoms with Gasteiger partial charge in [0.25, 0.3) is 5.91 Å². The van der Waals surface area contributed by atoms with E-state index in [9.17, 15) is 9.59 Å². The lowest BCUT2D eigenvalue weighted by molar-refractivity contribution is -0.131. The minimum atomic E-state index is -0.740. The number of carbonyl (C=O) groups is 2. The highest BCUT2D eigenvalue weighted by Crippen LogP contribution is 2.23. The third-order valence-corrected chi connectivity index (χ3v) is 5.50. The van der Waals surface area contributed by atoms with E-state index in [0.717, 1.165) is 35.9 Å². The van der Waals surface area contributed by atoms with Gasteiger partial charge in [0.15, 0.2) is 6.10 Å². The Bertz CT molecular complexity index is 699. The lowest BCUT2D eigenvalue weighted by atomic mass is 9.95. The van der Waals surface area contributed by atoms with Gasteiger partial charge in [-0.2, -0.15) is 0 Å². The van der Waals surface area contributed by atoms with Gasteiger partial charge in [0.2, 0.25) is 0 Å². The second kappa shape index (κ2) is 8.04. The molecule has 25 heavy (non-hydrogen) atoms. The van der Waals surface area contributed by atoms with Crippen molar-refractivity contribution in [1.82, 2.24) is 10.3 Å². The number of carbonyl (C=O) groups excluding carboxylic acids is 2. The van der Waals surface area contributed by atoms with Gasteiger partial charge in [-0.3, -0.25) is 4.79 Å². The predicted octanol–water partition coefficient (Wildman–Crippen LogP) is 4.25. The zero-order valence-electron chi connectivity index (χ0n) is 14.8. The third kappa shape index (κ3) is 4.63. The van der Waals surface area contributed by atoms with Gasteiger partial charge in [0.05, 0.1) is 10.2 Å². The van der Waals surface area contributed by atoms with Gasteiger partial charge in [0, 0.05) is 6.04 Å². The predicted molar refractivity (Wildman–Crippen MR) is 99.8 cm³/mol. The number of thiophene rings is 1. The van der Waals surface area contributed by atoms with Crippen molar-refractivity contribution in [1.29, 1.82) is 0 Å². The van der Waals surface area contributed by atoms with E-state index >= 15 is 0 Å². The highest BCUT2D eigenvalue weighted by molar-refractivity contribution is 7.17. The molecule has 1 aliphatic carbocycles. The van der Waals surface area contributed by atoms with Crippen molar-refractivity contribution in [2.45, 2.75) is 64.5 Å². The molecule has 1 saturated carbocycles. The summed E-state index contributed by atoms with van der Waals surface area (Å²) in [5.74, 6) is -0.364. The van der Waals surface area contributed by atoms with E-state index in [1.54, 1.807) is 17.4 Å². The third-order valence-electron chi connectivity index (χ3n) is 4.64. The van der Waals surface area contributed by atoms with Crippen LogP contribution in [0, 0.1) is 5.92 Å². The van der Waals surface area contributed by atoms with Crippen LogP contribution in [0.25, 0.3) is 10.2 Å². The smallest absolute Gasteiger partial charge is 0.355 e. The fourth-order valence-electron chi connectivity index (χ4n) is 3.33. The average molecular weight is 362 g/mol. The molecule has 0 radical (unpaired) electrons. The molecular weight excluding hydrogens is 336 g/mol. The molecule has 6 heteroatoms. The minimum absolute atomic E-state index is 0.165. The van der Waals surface area contributed by atoms with Crippen LogP contribution in [0.15, 0.2) is 17.5 Å². The molecule has 2 N–H and O–H groups in total. The van der Waals surface area contributed by atoms with Crippen LogP contribution in [0.4, 0.5) is 0 Å². The maximum Gasteiger partial charge on any atom is 0.355 e. The number of hydrogen-bond acceptors (Lipinski definition) is 4. The van der Waals surface area contributed by atoms with Crippen LogP contribution < -0.4 is 5.32 Å². The van der Waals surface area contributed by atoms with Crippen LogP contribution >= 0.6 is 11.3 Å². The summed E-state index contributed by atoms with van der Waals surface area (Å²) in [6.45, 7) is 4.05. The number of aromatic nitrogens is 1. The number of esters is 1. The number of rotatable bonds is 6. The van der Waals surface area contributed by atoms with Crippen molar-refractivity contribution >= 4 is 33.4 Å². The molecule has 0 aromatic carbocycles.